The largest absolute Gasteiger partial charge is 0.462 e. The van der Waals surface area contributed by atoms with Crippen LogP contribution in [0.5, 0.6) is 6.01 Å². The molecule has 0 unspecified atom stereocenters. The summed E-state index contributed by atoms with van der Waals surface area (Å²) in [5.41, 5.74) is 12.9. The summed E-state index contributed by atoms with van der Waals surface area (Å²) in [6.45, 7) is 2.28. The van der Waals surface area contributed by atoms with Gasteiger partial charge in [-0.2, -0.15) is 9.97 Å². The van der Waals surface area contributed by atoms with Crippen LogP contribution in [0.25, 0.3) is 27.8 Å². The van der Waals surface area contributed by atoms with E-state index in [-0.39, 0.29) is 28.2 Å². The Labute approximate surface area is 200 Å². The van der Waals surface area contributed by atoms with Crippen molar-refractivity contribution < 1.29 is 9.13 Å². The highest BCUT2D eigenvalue weighted by Gasteiger charge is 2.24. The molecule has 1 saturated heterocycles. The minimum absolute atomic E-state index is 0.101. The van der Waals surface area contributed by atoms with Gasteiger partial charge in [0.2, 0.25) is 0 Å². The Morgan fingerprint density at radius 3 is 2.91 bits per heavy atom. The van der Waals surface area contributed by atoms with Crippen LogP contribution in [0, 0.1) is 5.82 Å². The molecular formula is C23H26ClFN8O. The molecule has 3 aromatic heterocycles. The molecule has 34 heavy (non-hydrogen) atoms. The third-order valence-corrected chi connectivity index (χ3v) is 6.44. The number of nitrogens with zero attached hydrogens (tertiary/aromatic N) is 5. The normalized spacial score (nSPS) is 16.5. The molecule has 4 aromatic rings. The second kappa shape index (κ2) is 9.21. The van der Waals surface area contributed by atoms with Gasteiger partial charge in [0.05, 0.1) is 22.5 Å². The van der Waals surface area contributed by atoms with Crippen LogP contribution in [0.4, 0.5) is 16.0 Å². The second-order valence-electron chi connectivity index (χ2n) is 8.41. The Morgan fingerprint density at radius 2 is 2.15 bits per heavy atom. The van der Waals surface area contributed by atoms with Gasteiger partial charge in [-0.05, 0) is 44.6 Å². The first-order valence-corrected chi connectivity index (χ1v) is 11.5. The number of hydrogen-bond donors (Lipinski definition) is 3. The van der Waals surface area contributed by atoms with Crippen molar-refractivity contribution in [2.45, 2.75) is 18.9 Å². The van der Waals surface area contributed by atoms with Crippen LogP contribution in [-0.2, 0) is 0 Å². The number of hydrogen-bond acceptors (Lipinski definition) is 8. The number of nitrogen functional groups attached to an aromatic ring is 1. The third-order valence-electron chi connectivity index (χ3n) is 6.14. The molecule has 0 spiro atoms. The van der Waals surface area contributed by atoms with Crippen molar-refractivity contribution in [2.75, 3.05) is 44.3 Å². The number of fused-ring (bicyclic) bond motifs is 2. The lowest BCUT2D eigenvalue weighted by molar-refractivity contribution is 0.188. The number of aromatic nitrogens is 4. The smallest absolute Gasteiger partial charge is 0.319 e. The summed E-state index contributed by atoms with van der Waals surface area (Å²) in [5, 5.41) is 3.80. The average Bonchev–Trinajstić information content (AvgIpc) is 3.41. The first-order valence-electron chi connectivity index (χ1n) is 11.2. The Morgan fingerprint density at radius 1 is 1.29 bits per heavy atom. The average molecular weight is 485 g/mol. The van der Waals surface area contributed by atoms with Gasteiger partial charge in [-0.15, -0.1) is 0 Å². The van der Waals surface area contributed by atoms with E-state index < -0.39 is 5.82 Å². The van der Waals surface area contributed by atoms with Gasteiger partial charge in [0.1, 0.15) is 29.4 Å². The van der Waals surface area contributed by atoms with Crippen molar-refractivity contribution >= 4 is 39.8 Å². The van der Waals surface area contributed by atoms with Gasteiger partial charge in [-0.25, -0.2) is 9.37 Å². The van der Waals surface area contributed by atoms with Crippen LogP contribution in [0.2, 0.25) is 5.02 Å². The fourth-order valence-electron chi connectivity index (χ4n) is 4.39. The van der Waals surface area contributed by atoms with Crippen LogP contribution in [0.15, 0.2) is 30.5 Å². The van der Waals surface area contributed by atoms with Crippen molar-refractivity contribution in [1.82, 2.24) is 24.3 Å². The molecule has 1 aromatic carbocycles. The molecule has 0 amide bonds. The number of likely N-dealkylation sites (N-methyl/N-ethyl adjacent to an activating group) is 1. The number of pyridine rings is 1. The van der Waals surface area contributed by atoms with Crippen molar-refractivity contribution in [2.24, 2.45) is 5.73 Å². The number of ether oxygens (including phenoxy) is 1. The van der Waals surface area contributed by atoms with E-state index >= 15 is 4.39 Å². The van der Waals surface area contributed by atoms with E-state index in [2.05, 4.69) is 32.2 Å². The molecule has 1 fully saturated rings. The number of likely N-dealkylation sites (tertiary alicyclic amines) is 1. The monoisotopic (exact) mass is 484 g/mol. The molecular weight excluding hydrogens is 459 g/mol. The van der Waals surface area contributed by atoms with Crippen LogP contribution < -0.4 is 21.5 Å². The number of benzene rings is 1. The first-order chi connectivity index (χ1) is 16.5. The number of anilines is 2. The molecule has 1 aliphatic heterocycles. The van der Waals surface area contributed by atoms with Crippen molar-refractivity contribution in [3.63, 3.8) is 0 Å². The van der Waals surface area contributed by atoms with Gasteiger partial charge in [0.25, 0.3) is 0 Å². The Bertz CT molecular complexity index is 1360. The molecule has 5 N–H and O–H groups in total. The number of nitrogens with one attached hydrogen (secondary N) is 1. The minimum Gasteiger partial charge on any atom is -0.462 e. The van der Waals surface area contributed by atoms with Crippen molar-refractivity contribution in [3.8, 4) is 17.3 Å². The van der Waals surface area contributed by atoms with E-state index in [1.807, 2.05) is 0 Å². The highest BCUT2D eigenvalue weighted by molar-refractivity contribution is 6.34. The fraction of sp³-hybridized carbons (Fsp3) is 0.348. The second-order valence-corrected chi connectivity index (χ2v) is 8.81. The number of nitrogens with two attached hydrogens (primary N) is 2. The zero-order valence-electron chi connectivity index (χ0n) is 18.8. The van der Waals surface area contributed by atoms with Crippen LogP contribution in [0.3, 0.4) is 0 Å². The zero-order chi connectivity index (χ0) is 23.8. The highest BCUT2D eigenvalue weighted by Crippen LogP contribution is 2.38. The predicted molar refractivity (Wildman–Crippen MR) is 132 cm³/mol. The maximum absolute atomic E-state index is 16.1. The molecule has 0 bridgehead atoms. The van der Waals surface area contributed by atoms with Gasteiger partial charge in [-0.3, -0.25) is 4.40 Å². The predicted octanol–water partition coefficient (Wildman–Crippen LogP) is 3.16. The van der Waals surface area contributed by atoms with Crippen LogP contribution in [0.1, 0.15) is 12.8 Å². The quantitative estimate of drug-likeness (QED) is 0.366. The molecule has 178 valence electrons. The molecule has 0 aliphatic carbocycles. The number of halogens is 2. The van der Waals surface area contributed by atoms with E-state index in [9.17, 15) is 0 Å². The first kappa shape index (κ1) is 22.6. The SMILES string of the molecule is CN1CCC[C@H]1COc1nc(NCCN)c2cc(Cl)c(-c3cccc4nc(N)cn34)c(F)c2n1. The molecule has 4 heterocycles. The van der Waals surface area contributed by atoms with E-state index in [4.69, 9.17) is 27.8 Å². The molecule has 11 heteroatoms. The van der Waals surface area contributed by atoms with Crippen molar-refractivity contribution in [3.05, 3.63) is 41.3 Å². The maximum Gasteiger partial charge on any atom is 0.319 e. The van der Waals surface area contributed by atoms with Gasteiger partial charge in [-0.1, -0.05) is 17.7 Å². The van der Waals surface area contributed by atoms with Crippen molar-refractivity contribution in [1.29, 1.82) is 0 Å². The van der Waals surface area contributed by atoms with Crippen LogP contribution in [-0.4, -0.2) is 63.6 Å². The van der Waals surface area contributed by atoms with Gasteiger partial charge >= 0.3 is 6.01 Å². The minimum atomic E-state index is -0.580. The fourth-order valence-corrected chi connectivity index (χ4v) is 4.68. The van der Waals surface area contributed by atoms with Gasteiger partial charge < -0.3 is 26.4 Å². The van der Waals surface area contributed by atoms with E-state index in [0.29, 0.717) is 48.1 Å². The molecule has 5 rings (SSSR count). The van der Waals surface area contributed by atoms with E-state index in [1.54, 1.807) is 34.9 Å². The molecule has 0 saturated carbocycles. The summed E-state index contributed by atoms with van der Waals surface area (Å²) >= 11 is 6.61. The lowest BCUT2D eigenvalue weighted by Crippen LogP contribution is -2.31. The topological polar surface area (TPSA) is 120 Å². The van der Waals surface area contributed by atoms with Gasteiger partial charge in [0.15, 0.2) is 5.82 Å². The molecule has 1 atom stereocenters. The molecule has 1 aliphatic rings. The van der Waals surface area contributed by atoms with Gasteiger partial charge in [0, 0.05) is 24.5 Å². The lowest BCUT2D eigenvalue weighted by Gasteiger charge is -2.19. The van der Waals surface area contributed by atoms with E-state index in [0.717, 1.165) is 19.4 Å². The standard InChI is InChI=1S/C23H26ClFN8O/c1-32-9-3-4-13(32)12-34-23-30-21-14(22(31-23)28-8-7-26)10-15(24)19(20(21)25)16-5-2-6-18-29-17(27)11-33(16)18/h2,5-6,10-11,13H,3-4,7-9,12,26-27H2,1H3,(H,28,30,31)/t13-/m0/s1. The Balaban J connectivity index is 1.63. The summed E-state index contributed by atoms with van der Waals surface area (Å²) in [6, 6.07) is 7.35. The molecule has 9 nitrogen and oxygen atoms in total. The maximum atomic E-state index is 16.1. The lowest BCUT2D eigenvalue weighted by atomic mass is 10.1. The number of imidazole rings is 1. The Hall–Kier alpha value is -3.21. The molecule has 0 radical (unpaired) electrons. The Kier molecular flexibility index (Phi) is 6.11. The summed E-state index contributed by atoms with van der Waals surface area (Å²) in [7, 11) is 2.06. The van der Waals surface area contributed by atoms with E-state index in [1.165, 1.54) is 0 Å². The zero-order valence-corrected chi connectivity index (χ0v) is 19.5. The highest BCUT2D eigenvalue weighted by atomic mass is 35.5. The third kappa shape index (κ3) is 4.08. The summed E-state index contributed by atoms with van der Waals surface area (Å²) < 4.78 is 23.7. The summed E-state index contributed by atoms with van der Waals surface area (Å²) in [4.78, 5) is 15.4. The number of rotatable bonds is 7. The summed E-state index contributed by atoms with van der Waals surface area (Å²) in [5.74, 6) is 0.166. The van der Waals surface area contributed by atoms with Crippen LogP contribution >= 0.6 is 11.6 Å². The summed E-state index contributed by atoms with van der Waals surface area (Å²) in [6.07, 6.45) is 3.78.